The molecule has 2 heterocycles. The summed E-state index contributed by atoms with van der Waals surface area (Å²) < 4.78 is 27.8. The zero-order valence-electron chi connectivity index (χ0n) is 17.2. The summed E-state index contributed by atoms with van der Waals surface area (Å²) in [5, 5.41) is 38.7. The second-order valence-electron chi connectivity index (χ2n) is 7.70. The van der Waals surface area contributed by atoms with E-state index in [0.717, 1.165) is 31.6 Å². The van der Waals surface area contributed by atoms with Crippen molar-refractivity contribution in [1.29, 1.82) is 5.26 Å². The van der Waals surface area contributed by atoms with Crippen LogP contribution in [-0.2, 0) is 14.9 Å². The molecule has 0 unspecified atom stereocenters. The summed E-state index contributed by atoms with van der Waals surface area (Å²) in [6.45, 7) is 2.93. The second-order valence-corrected chi connectivity index (χ2v) is 9.35. The molecule has 11 heteroatoms. The smallest absolute Gasteiger partial charge is 0.252 e. The maximum Gasteiger partial charge on any atom is 0.252 e. The van der Waals surface area contributed by atoms with Crippen LogP contribution >= 0.6 is 0 Å². The molecule has 2 aliphatic heterocycles. The first kappa shape index (κ1) is 23.6. The summed E-state index contributed by atoms with van der Waals surface area (Å²) in [7, 11) is -4.35. The molecule has 10 nitrogen and oxygen atoms in total. The van der Waals surface area contributed by atoms with Gasteiger partial charge in [-0.05, 0) is 49.5 Å². The number of hydroxylamine groups is 1. The van der Waals surface area contributed by atoms with Crippen LogP contribution in [0.1, 0.15) is 31.7 Å². The number of rotatable bonds is 6. The Balaban J connectivity index is 1.79. The minimum atomic E-state index is -4.35. The van der Waals surface area contributed by atoms with Gasteiger partial charge in [0.2, 0.25) is 0 Å². The SMILES string of the molecule is C/C(=C(/C#N)S(=O)(=O)N[C@H]1NO[C@H](CO)[C@@H](O)[C@@H]1O)c1ccc(N2CCCCC2)cc1. The molecule has 1 aromatic rings. The van der Waals surface area contributed by atoms with Gasteiger partial charge in [-0.25, -0.2) is 8.42 Å². The Morgan fingerprint density at radius 3 is 2.45 bits per heavy atom. The van der Waals surface area contributed by atoms with Crippen LogP contribution in [0.2, 0.25) is 0 Å². The summed E-state index contributed by atoms with van der Waals surface area (Å²) in [5.74, 6) is 0. The lowest BCUT2D eigenvalue weighted by atomic mass is 10.1. The first-order valence-corrected chi connectivity index (χ1v) is 11.6. The molecule has 0 aliphatic carbocycles. The molecule has 2 aliphatic rings. The first-order valence-electron chi connectivity index (χ1n) is 10.2. The van der Waals surface area contributed by atoms with Gasteiger partial charge in [-0.1, -0.05) is 12.1 Å². The third-order valence-electron chi connectivity index (χ3n) is 5.61. The quantitative estimate of drug-likeness (QED) is 0.369. The first-order chi connectivity index (χ1) is 14.8. The molecular weight excluding hydrogens is 424 g/mol. The monoisotopic (exact) mass is 452 g/mol. The lowest BCUT2D eigenvalue weighted by Gasteiger charge is -2.37. The number of hydrogen-bond acceptors (Lipinski definition) is 9. The van der Waals surface area contributed by atoms with E-state index >= 15 is 0 Å². The van der Waals surface area contributed by atoms with Crippen molar-refractivity contribution in [3.63, 3.8) is 0 Å². The Morgan fingerprint density at radius 1 is 1.23 bits per heavy atom. The number of benzene rings is 1. The van der Waals surface area contributed by atoms with Crippen molar-refractivity contribution >= 4 is 21.3 Å². The van der Waals surface area contributed by atoms with Crippen molar-refractivity contribution in [1.82, 2.24) is 10.2 Å². The predicted octanol–water partition coefficient (Wildman–Crippen LogP) is -0.206. The van der Waals surface area contributed by atoms with Gasteiger partial charge >= 0.3 is 0 Å². The fourth-order valence-electron chi connectivity index (χ4n) is 3.73. The highest BCUT2D eigenvalue weighted by Crippen LogP contribution is 2.26. The molecule has 170 valence electrons. The second kappa shape index (κ2) is 10.1. The molecule has 0 saturated carbocycles. The normalized spacial score (nSPS) is 28.0. The van der Waals surface area contributed by atoms with E-state index in [-0.39, 0.29) is 5.57 Å². The van der Waals surface area contributed by atoms with Gasteiger partial charge in [0, 0.05) is 18.8 Å². The lowest BCUT2D eigenvalue weighted by molar-refractivity contribution is -0.204. The van der Waals surface area contributed by atoms with Crippen molar-refractivity contribution < 1.29 is 28.6 Å². The maximum atomic E-state index is 12.8. The molecule has 4 atom stereocenters. The minimum absolute atomic E-state index is 0.250. The number of anilines is 1. The maximum absolute atomic E-state index is 12.8. The number of allylic oxidation sites excluding steroid dienone is 2. The topological polar surface area (TPSA) is 155 Å². The molecule has 2 saturated heterocycles. The molecule has 0 bridgehead atoms. The number of piperidine rings is 1. The standard InChI is InChI=1S/C20H28N4O6S/c1-13(14-5-7-15(8-6-14)24-9-3-2-4-10-24)17(11-21)31(28,29)23-20-19(27)18(26)16(12-25)30-22-20/h5-8,16,18-20,22-23,25-27H,2-4,9-10,12H2,1H3/b17-13+/t16-,18-,19+,20-/m1/s1. The fraction of sp³-hybridized carbons (Fsp3) is 0.550. The molecule has 0 spiro atoms. The van der Waals surface area contributed by atoms with E-state index in [1.165, 1.54) is 13.3 Å². The number of aliphatic hydroxyl groups is 3. The molecule has 3 rings (SSSR count). The van der Waals surface area contributed by atoms with Crippen molar-refractivity contribution in [3.05, 3.63) is 34.7 Å². The van der Waals surface area contributed by atoms with E-state index in [1.54, 1.807) is 18.2 Å². The highest BCUT2D eigenvalue weighted by atomic mass is 32.2. The van der Waals surface area contributed by atoms with Crippen molar-refractivity contribution in [2.24, 2.45) is 0 Å². The number of nitrogens with one attached hydrogen (secondary N) is 2. The predicted molar refractivity (Wildman–Crippen MR) is 114 cm³/mol. The van der Waals surface area contributed by atoms with Crippen LogP contribution in [0.15, 0.2) is 29.2 Å². The molecule has 0 radical (unpaired) electrons. The average Bonchev–Trinajstić information content (AvgIpc) is 2.78. The largest absolute Gasteiger partial charge is 0.393 e. The van der Waals surface area contributed by atoms with Crippen molar-refractivity contribution in [2.45, 2.75) is 50.7 Å². The highest BCUT2D eigenvalue weighted by Gasteiger charge is 2.40. The van der Waals surface area contributed by atoms with Crippen LogP contribution in [0.5, 0.6) is 0 Å². The van der Waals surface area contributed by atoms with Crippen LogP contribution in [-0.4, -0.2) is 67.9 Å². The van der Waals surface area contributed by atoms with Crippen molar-refractivity contribution in [2.75, 3.05) is 24.6 Å². The Morgan fingerprint density at radius 2 is 1.87 bits per heavy atom. The van der Waals surface area contributed by atoms with E-state index in [4.69, 9.17) is 9.94 Å². The number of nitriles is 1. The Bertz CT molecular complexity index is 937. The summed E-state index contributed by atoms with van der Waals surface area (Å²) >= 11 is 0. The number of hydrogen-bond donors (Lipinski definition) is 5. The zero-order valence-corrected chi connectivity index (χ0v) is 18.0. The van der Waals surface area contributed by atoms with Gasteiger partial charge in [-0.15, -0.1) is 0 Å². The zero-order chi connectivity index (χ0) is 22.6. The van der Waals surface area contributed by atoms with E-state index in [2.05, 4.69) is 15.1 Å². The van der Waals surface area contributed by atoms with Gasteiger partial charge in [0.1, 0.15) is 30.5 Å². The van der Waals surface area contributed by atoms with Gasteiger partial charge in [0.15, 0.2) is 4.91 Å². The van der Waals surface area contributed by atoms with Gasteiger partial charge < -0.3 is 20.2 Å². The summed E-state index contributed by atoms with van der Waals surface area (Å²) in [4.78, 5) is 6.72. The minimum Gasteiger partial charge on any atom is -0.393 e. The molecule has 1 aromatic carbocycles. The van der Waals surface area contributed by atoms with Gasteiger partial charge in [-0.2, -0.15) is 15.5 Å². The molecule has 5 N–H and O–H groups in total. The van der Waals surface area contributed by atoms with Gasteiger partial charge in [-0.3, -0.25) is 4.84 Å². The van der Waals surface area contributed by atoms with Crippen LogP contribution < -0.4 is 15.1 Å². The summed E-state index contributed by atoms with van der Waals surface area (Å²) in [5.41, 5.74) is 4.14. The summed E-state index contributed by atoms with van der Waals surface area (Å²) in [6, 6.07) is 9.09. The van der Waals surface area contributed by atoms with E-state index in [1.807, 2.05) is 12.1 Å². The average molecular weight is 453 g/mol. The van der Waals surface area contributed by atoms with Gasteiger partial charge in [0.25, 0.3) is 10.0 Å². The highest BCUT2D eigenvalue weighted by molar-refractivity contribution is 7.93. The molecule has 0 amide bonds. The van der Waals surface area contributed by atoms with E-state index in [9.17, 15) is 23.9 Å². The number of aliphatic hydroxyl groups excluding tert-OH is 3. The molecular formula is C20H28N4O6S. The van der Waals surface area contributed by atoms with E-state index in [0.29, 0.717) is 5.56 Å². The Labute approximate surface area is 181 Å². The Hall–Kier alpha value is -2.04. The molecule has 0 aromatic heterocycles. The number of nitrogens with zero attached hydrogens (tertiary/aromatic N) is 2. The molecule has 31 heavy (non-hydrogen) atoms. The lowest BCUT2D eigenvalue weighted by Crippen LogP contribution is -2.65. The summed E-state index contributed by atoms with van der Waals surface area (Å²) in [6.07, 6.45) is -2.12. The third kappa shape index (κ3) is 5.24. The fourth-order valence-corrected chi connectivity index (χ4v) is 5.01. The number of sulfonamides is 1. The Kier molecular flexibility index (Phi) is 7.66. The van der Waals surface area contributed by atoms with Crippen LogP contribution in [0.4, 0.5) is 5.69 Å². The van der Waals surface area contributed by atoms with Crippen LogP contribution in [0.25, 0.3) is 5.57 Å². The third-order valence-corrected chi connectivity index (χ3v) is 7.11. The van der Waals surface area contributed by atoms with Crippen LogP contribution in [0, 0.1) is 11.3 Å². The van der Waals surface area contributed by atoms with Crippen LogP contribution in [0.3, 0.4) is 0 Å². The van der Waals surface area contributed by atoms with E-state index < -0.39 is 46.0 Å². The van der Waals surface area contributed by atoms with Crippen molar-refractivity contribution in [3.8, 4) is 6.07 Å². The molecule has 2 fully saturated rings. The van der Waals surface area contributed by atoms with Gasteiger partial charge in [0.05, 0.1) is 6.61 Å².